The number of pyridine rings is 1. The maximum atomic E-state index is 5.31. The molecular formula is C53H33N3S. The van der Waals surface area contributed by atoms with E-state index in [-0.39, 0.29) is 0 Å². The molecule has 0 atom stereocenters. The van der Waals surface area contributed by atoms with Gasteiger partial charge in [0.1, 0.15) is 0 Å². The molecule has 0 aliphatic carbocycles. The molecule has 0 saturated carbocycles. The first-order valence-corrected chi connectivity index (χ1v) is 20.0. The van der Waals surface area contributed by atoms with Gasteiger partial charge in [0.2, 0.25) is 0 Å². The first kappa shape index (κ1) is 33.1. The van der Waals surface area contributed by atoms with Gasteiger partial charge in [-0.3, -0.25) is 0 Å². The third kappa shape index (κ3) is 5.95. The molecule has 0 radical (unpaired) electrons. The SMILES string of the molecule is c1ccc(-c2cccc(-c3cc(-c4ccc5sc6c(ccc7c(-c8ccccc8)nc8ccccc8c76)c5c4)nc(-c4cccc(-c5ccccc5)c4)n3)c2)cc1. The van der Waals surface area contributed by atoms with E-state index in [1.165, 1.54) is 41.9 Å². The van der Waals surface area contributed by atoms with E-state index in [4.69, 9.17) is 15.0 Å². The van der Waals surface area contributed by atoms with Gasteiger partial charge < -0.3 is 0 Å². The summed E-state index contributed by atoms with van der Waals surface area (Å²) in [5, 5.41) is 6.04. The smallest absolute Gasteiger partial charge is 0.160 e. The van der Waals surface area contributed by atoms with Crippen LogP contribution in [0.5, 0.6) is 0 Å². The lowest BCUT2D eigenvalue weighted by Crippen LogP contribution is -1.96. The van der Waals surface area contributed by atoms with E-state index in [1.807, 2.05) is 17.4 Å². The molecule has 0 spiro atoms. The molecule has 0 bridgehead atoms. The molecule has 266 valence electrons. The summed E-state index contributed by atoms with van der Waals surface area (Å²) >= 11 is 1.85. The average molecular weight is 744 g/mol. The predicted molar refractivity (Wildman–Crippen MR) is 240 cm³/mol. The van der Waals surface area contributed by atoms with Gasteiger partial charge >= 0.3 is 0 Å². The fraction of sp³-hybridized carbons (Fsp3) is 0. The van der Waals surface area contributed by atoms with Gasteiger partial charge in [-0.1, -0.05) is 164 Å². The van der Waals surface area contributed by atoms with E-state index in [0.717, 1.165) is 61.5 Å². The Kier molecular flexibility index (Phi) is 8.01. The molecule has 3 aromatic heterocycles. The van der Waals surface area contributed by atoms with Crippen LogP contribution in [0.2, 0.25) is 0 Å². The van der Waals surface area contributed by atoms with Crippen LogP contribution in [0.4, 0.5) is 0 Å². The Hall–Kier alpha value is -7.27. The minimum atomic E-state index is 0.694. The minimum absolute atomic E-state index is 0.694. The van der Waals surface area contributed by atoms with Crippen molar-refractivity contribution >= 4 is 53.2 Å². The average Bonchev–Trinajstić information content (AvgIpc) is 3.68. The van der Waals surface area contributed by atoms with E-state index in [9.17, 15) is 0 Å². The maximum Gasteiger partial charge on any atom is 0.160 e. The van der Waals surface area contributed by atoms with Crippen molar-refractivity contribution in [2.75, 3.05) is 0 Å². The Morgan fingerprint density at radius 1 is 0.316 bits per heavy atom. The van der Waals surface area contributed by atoms with Crippen LogP contribution in [0.1, 0.15) is 0 Å². The number of nitrogens with zero attached hydrogens (tertiary/aromatic N) is 3. The number of thiophene rings is 1. The molecular weight excluding hydrogens is 711 g/mol. The lowest BCUT2D eigenvalue weighted by molar-refractivity contribution is 1.18. The molecule has 8 aromatic carbocycles. The molecule has 0 amide bonds. The van der Waals surface area contributed by atoms with Crippen LogP contribution in [0, 0.1) is 0 Å². The largest absolute Gasteiger partial charge is 0.247 e. The van der Waals surface area contributed by atoms with Gasteiger partial charge in [0.25, 0.3) is 0 Å². The van der Waals surface area contributed by atoms with Gasteiger partial charge in [-0.2, -0.15) is 0 Å². The summed E-state index contributed by atoms with van der Waals surface area (Å²) in [6, 6.07) is 70.7. The van der Waals surface area contributed by atoms with Gasteiger partial charge in [-0.15, -0.1) is 11.3 Å². The standard InChI is InChI=1S/C53H33N3S/c1-4-14-34(15-5-1)37-20-12-22-39(30-37)47-33-48(56-53(55-47)41-23-13-21-38(31-41)35-16-6-2-7-17-35)40-26-29-49-45(32-40)42-27-28-44-50(52(42)57-49)43-24-10-11-25-46(43)54-51(44)36-18-8-3-9-19-36/h1-33H. The Balaban J connectivity index is 1.11. The fourth-order valence-corrected chi connectivity index (χ4v) is 9.32. The molecule has 3 nitrogen and oxygen atoms in total. The second-order valence-electron chi connectivity index (χ2n) is 14.4. The van der Waals surface area contributed by atoms with Gasteiger partial charge in [0.15, 0.2) is 5.82 Å². The molecule has 0 unspecified atom stereocenters. The number of hydrogen-bond acceptors (Lipinski definition) is 4. The molecule has 0 aliphatic heterocycles. The number of hydrogen-bond donors (Lipinski definition) is 0. The monoisotopic (exact) mass is 743 g/mol. The number of fused-ring (bicyclic) bond motifs is 7. The van der Waals surface area contributed by atoms with E-state index in [1.54, 1.807) is 0 Å². The Bertz CT molecular complexity index is 3180. The number of aromatic nitrogens is 3. The Morgan fingerprint density at radius 2 is 0.860 bits per heavy atom. The highest BCUT2D eigenvalue weighted by Gasteiger charge is 2.18. The first-order valence-electron chi connectivity index (χ1n) is 19.2. The highest BCUT2D eigenvalue weighted by Crippen LogP contribution is 2.44. The van der Waals surface area contributed by atoms with Crippen molar-refractivity contribution in [2.24, 2.45) is 0 Å². The van der Waals surface area contributed by atoms with Crippen LogP contribution >= 0.6 is 11.3 Å². The summed E-state index contributed by atoms with van der Waals surface area (Å²) in [7, 11) is 0. The Labute approximate surface area is 334 Å². The van der Waals surface area contributed by atoms with Crippen LogP contribution in [0.15, 0.2) is 200 Å². The number of benzene rings is 8. The number of rotatable bonds is 6. The summed E-state index contributed by atoms with van der Waals surface area (Å²) in [5.74, 6) is 0.694. The number of para-hydroxylation sites is 1. The first-order chi connectivity index (χ1) is 28.2. The molecule has 11 aromatic rings. The van der Waals surface area contributed by atoms with Gasteiger partial charge in [0.05, 0.1) is 22.6 Å². The summed E-state index contributed by atoms with van der Waals surface area (Å²) in [5.41, 5.74) is 12.6. The van der Waals surface area contributed by atoms with E-state index < -0.39 is 0 Å². The molecule has 0 fully saturated rings. The van der Waals surface area contributed by atoms with Gasteiger partial charge in [-0.05, 0) is 58.7 Å². The van der Waals surface area contributed by atoms with E-state index in [2.05, 4.69) is 194 Å². The molecule has 4 heteroatoms. The zero-order chi connectivity index (χ0) is 37.7. The van der Waals surface area contributed by atoms with Crippen LogP contribution in [0.3, 0.4) is 0 Å². The van der Waals surface area contributed by atoms with Crippen molar-refractivity contribution < 1.29 is 0 Å². The highest BCUT2D eigenvalue weighted by molar-refractivity contribution is 7.26. The van der Waals surface area contributed by atoms with Crippen LogP contribution in [-0.4, -0.2) is 15.0 Å². The highest BCUT2D eigenvalue weighted by atomic mass is 32.1. The predicted octanol–water partition coefficient (Wildman–Crippen LogP) is 14.5. The van der Waals surface area contributed by atoms with Crippen LogP contribution in [0.25, 0.3) is 109 Å². The zero-order valence-electron chi connectivity index (χ0n) is 30.8. The summed E-state index contributed by atoms with van der Waals surface area (Å²) in [6.07, 6.45) is 0. The van der Waals surface area contributed by atoms with Crippen molar-refractivity contribution in [3.8, 4) is 67.4 Å². The second kappa shape index (κ2) is 13.8. The second-order valence-corrected chi connectivity index (χ2v) is 15.4. The molecule has 11 rings (SSSR count). The zero-order valence-corrected chi connectivity index (χ0v) is 31.6. The normalized spacial score (nSPS) is 11.5. The third-order valence-corrected chi connectivity index (χ3v) is 12.1. The van der Waals surface area contributed by atoms with E-state index in [0.29, 0.717) is 5.82 Å². The summed E-state index contributed by atoms with van der Waals surface area (Å²) < 4.78 is 2.51. The maximum absolute atomic E-state index is 5.31. The van der Waals surface area contributed by atoms with Crippen molar-refractivity contribution in [3.63, 3.8) is 0 Å². The quantitative estimate of drug-likeness (QED) is 0.159. The molecule has 3 heterocycles. The molecule has 0 saturated heterocycles. The fourth-order valence-electron chi connectivity index (χ4n) is 8.07. The Morgan fingerprint density at radius 3 is 1.56 bits per heavy atom. The molecule has 57 heavy (non-hydrogen) atoms. The summed E-state index contributed by atoms with van der Waals surface area (Å²) in [4.78, 5) is 15.7. The van der Waals surface area contributed by atoms with Crippen molar-refractivity contribution in [3.05, 3.63) is 200 Å². The van der Waals surface area contributed by atoms with Crippen LogP contribution < -0.4 is 0 Å². The van der Waals surface area contributed by atoms with Crippen LogP contribution in [-0.2, 0) is 0 Å². The van der Waals surface area contributed by atoms with E-state index >= 15 is 0 Å². The van der Waals surface area contributed by atoms with Crippen molar-refractivity contribution in [2.45, 2.75) is 0 Å². The van der Waals surface area contributed by atoms with Crippen molar-refractivity contribution in [1.29, 1.82) is 0 Å². The van der Waals surface area contributed by atoms with Crippen molar-refractivity contribution in [1.82, 2.24) is 15.0 Å². The third-order valence-electron chi connectivity index (χ3n) is 10.9. The molecule has 0 N–H and O–H groups in total. The topological polar surface area (TPSA) is 38.7 Å². The molecule has 0 aliphatic rings. The van der Waals surface area contributed by atoms with Gasteiger partial charge in [-0.25, -0.2) is 15.0 Å². The summed E-state index contributed by atoms with van der Waals surface area (Å²) in [6.45, 7) is 0. The lowest BCUT2D eigenvalue weighted by Gasteiger charge is -2.12. The van der Waals surface area contributed by atoms with Gasteiger partial charge in [0, 0.05) is 58.6 Å². The minimum Gasteiger partial charge on any atom is -0.247 e. The lowest BCUT2D eigenvalue weighted by atomic mass is 9.97.